The van der Waals surface area contributed by atoms with Gasteiger partial charge in [0.15, 0.2) is 0 Å². The third kappa shape index (κ3) is 3.29. The fraction of sp³-hybridized carbons (Fsp3) is 0.333. The molecule has 1 aromatic heterocycles. The van der Waals surface area contributed by atoms with E-state index in [1.165, 1.54) is 0 Å². The molecule has 1 N–H and O–H groups in total. The topological polar surface area (TPSA) is 45.2 Å². The number of nitrogens with zero attached hydrogens (tertiary/aromatic N) is 2. The smallest absolute Gasteiger partial charge is 0.253 e. The Bertz CT molecular complexity index is 593. The second-order valence-corrected chi connectivity index (χ2v) is 4.87. The van der Waals surface area contributed by atoms with E-state index in [1.54, 1.807) is 0 Å². The number of carbonyl (C=O) groups excluding carboxylic acids is 1. The van der Waals surface area contributed by atoms with Gasteiger partial charge in [-0.25, -0.2) is 0 Å². The molecule has 4 heteroatoms. The minimum Gasteiger partial charge on any atom is -0.351 e. The zero-order valence-electron chi connectivity index (χ0n) is 11.6. The molecule has 19 heavy (non-hydrogen) atoms. The first-order valence-electron chi connectivity index (χ1n) is 6.37. The number of pyridine rings is 1. The van der Waals surface area contributed by atoms with Crippen LogP contribution in [0.3, 0.4) is 0 Å². The Kier molecular flexibility index (Phi) is 4.12. The van der Waals surface area contributed by atoms with Crippen LogP contribution in [0.1, 0.15) is 16.1 Å². The van der Waals surface area contributed by atoms with Gasteiger partial charge in [0.1, 0.15) is 0 Å². The molecule has 1 aromatic carbocycles. The van der Waals surface area contributed by atoms with E-state index in [0.29, 0.717) is 12.1 Å². The van der Waals surface area contributed by atoms with Crippen molar-refractivity contribution in [3.05, 3.63) is 41.6 Å². The predicted molar refractivity (Wildman–Crippen MR) is 77.4 cm³/mol. The highest BCUT2D eigenvalue weighted by Gasteiger charge is 2.10. The van der Waals surface area contributed by atoms with E-state index >= 15 is 0 Å². The number of hydrogen-bond acceptors (Lipinski definition) is 3. The minimum atomic E-state index is -0.0578. The van der Waals surface area contributed by atoms with Crippen LogP contribution in [0.2, 0.25) is 0 Å². The number of benzene rings is 1. The van der Waals surface area contributed by atoms with Crippen LogP contribution in [0.4, 0.5) is 0 Å². The summed E-state index contributed by atoms with van der Waals surface area (Å²) in [5.41, 5.74) is 2.34. The summed E-state index contributed by atoms with van der Waals surface area (Å²) >= 11 is 0. The van der Waals surface area contributed by atoms with E-state index < -0.39 is 0 Å². The summed E-state index contributed by atoms with van der Waals surface area (Å²) in [5, 5.41) is 3.91. The molecule has 0 bridgehead atoms. The van der Waals surface area contributed by atoms with Gasteiger partial charge in [0.25, 0.3) is 5.91 Å². The fourth-order valence-electron chi connectivity index (χ4n) is 1.93. The molecule has 2 rings (SSSR count). The molecular formula is C15H19N3O. The van der Waals surface area contributed by atoms with Gasteiger partial charge in [-0.05, 0) is 33.2 Å². The summed E-state index contributed by atoms with van der Waals surface area (Å²) < 4.78 is 0. The number of fused-ring (bicyclic) bond motifs is 1. The Balaban J connectivity index is 2.19. The van der Waals surface area contributed by atoms with Crippen LogP contribution in [0, 0.1) is 6.92 Å². The van der Waals surface area contributed by atoms with Crippen LogP contribution in [-0.4, -0.2) is 43.0 Å². The Hall–Kier alpha value is -1.94. The summed E-state index contributed by atoms with van der Waals surface area (Å²) in [6, 6.07) is 9.73. The van der Waals surface area contributed by atoms with E-state index in [4.69, 9.17) is 0 Å². The normalized spacial score (nSPS) is 10.9. The first kappa shape index (κ1) is 13.5. The van der Waals surface area contributed by atoms with E-state index in [-0.39, 0.29) is 5.91 Å². The van der Waals surface area contributed by atoms with E-state index in [2.05, 4.69) is 10.3 Å². The van der Waals surface area contributed by atoms with Crippen molar-refractivity contribution in [2.24, 2.45) is 0 Å². The lowest BCUT2D eigenvalue weighted by Gasteiger charge is -2.11. The average molecular weight is 257 g/mol. The second-order valence-electron chi connectivity index (χ2n) is 4.87. The largest absolute Gasteiger partial charge is 0.351 e. The number of carbonyl (C=O) groups is 1. The van der Waals surface area contributed by atoms with E-state index in [0.717, 1.165) is 23.1 Å². The third-order valence-electron chi connectivity index (χ3n) is 3.00. The van der Waals surface area contributed by atoms with Crippen LogP contribution in [0.15, 0.2) is 30.3 Å². The van der Waals surface area contributed by atoms with Gasteiger partial charge in [-0.2, -0.15) is 0 Å². The predicted octanol–water partition coefficient (Wildman–Crippen LogP) is 1.83. The van der Waals surface area contributed by atoms with Crippen molar-refractivity contribution in [1.29, 1.82) is 0 Å². The van der Waals surface area contributed by atoms with Crippen molar-refractivity contribution in [1.82, 2.24) is 15.2 Å². The summed E-state index contributed by atoms with van der Waals surface area (Å²) in [5.74, 6) is -0.0578. The van der Waals surface area contributed by atoms with Gasteiger partial charge in [-0.1, -0.05) is 18.2 Å². The van der Waals surface area contributed by atoms with Gasteiger partial charge in [0.05, 0.1) is 16.8 Å². The maximum Gasteiger partial charge on any atom is 0.253 e. The molecule has 0 fully saturated rings. The Morgan fingerprint density at radius 3 is 2.79 bits per heavy atom. The number of likely N-dealkylation sites (N-methyl/N-ethyl adjacent to an activating group) is 1. The zero-order chi connectivity index (χ0) is 13.8. The van der Waals surface area contributed by atoms with Crippen LogP contribution in [-0.2, 0) is 0 Å². The lowest BCUT2D eigenvalue weighted by atomic mass is 10.1. The van der Waals surface area contributed by atoms with Crippen molar-refractivity contribution >= 4 is 16.8 Å². The number of hydrogen-bond donors (Lipinski definition) is 1. The molecule has 1 heterocycles. The number of amides is 1. The Morgan fingerprint density at radius 1 is 1.32 bits per heavy atom. The molecule has 0 aliphatic heterocycles. The third-order valence-corrected chi connectivity index (χ3v) is 3.00. The highest BCUT2D eigenvalue weighted by Crippen LogP contribution is 2.16. The minimum absolute atomic E-state index is 0.0578. The van der Waals surface area contributed by atoms with E-state index in [9.17, 15) is 4.79 Å². The first-order chi connectivity index (χ1) is 9.08. The van der Waals surface area contributed by atoms with Crippen molar-refractivity contribution in [3.8, 4) is 0 Å². The number of nitrogens with one attached hydrogen (secondary N) is 1. The number of rotatable bonds is 4. The molecule has 0 spiro atoms. The summed E-state index contributed by atoms with van der Waals surface area (Å²) in [4.78, 5) is 18.6. The van der Waals surface area contributed by atoms with Gasteiger partial charge in [-0.3, -0.25) is 9.78 Å². The van der Waals surface area contributed by atoms with Gasteiger partial charge in [-0.15, -0.1) is 0 Å². The molecule has 0 radical (unpaired) electrons. The molecule has 0 atom stereocenters. The van der Waals surface area contributed by atoms with E-state index in [1.807, 2.05) is 56.3 Å². The van der Waals surface area contributed by atoms with Crippen LogP contribution in [0.5, 0.6) is 0 Å². The van der Waals surface area contributed by atoms with Crippen molar-refractivity contribution in [2.45, 2.75) is 6.92 Å². The molecule has 4 nitrogen and oxygen atoms in total. The number of aromatic nitrogens is 1. The molecule has 0 saturated carbocycles. The highest BCUT2D eigenvalue weighted by atomic mass is 16.1. The molecule has 0 saturated heterocycles. The van der Waals surface area contributed by atoms with Gasteiger partial charge in [0, 0.05) is 18.5 Å². The summed E-state index contributed by atoms with van der Waals surface area (Å²) in [6.07, 6.45) is 0. The maximum atomic E-state index is 12.1. The monoisotopic (exact) mass is 257 g/mol. The molecule has 0 aliphatic carbocycles. The number of aryl methyl sites for hydroxylation is 1. The van der Waals surface area contributed by atoms with Crippen LogP contribution in [0.25, 0.3) is 10.9 Å². The Labute approximate surface area is 113 Å². The van der Waals surface area contributed by atoms with Crippen LogP contribution >= 0.6 is 0 Å². The molecular weight excluding hydrogens is 238 g/mol. The molecule has 100 valence electrons. The lowest BCUT2D eigenvalue weighted by Crippen LogP contribution is -2.31. The maximum absolute atomic E-state index is 12.1. The first-order valence-corrected chi connectivity index (χ1v) is 6.37. The van der Waals surface area contributed by atoms with Gasteiger partial charge in [0.2, 0.25) is 0 Å². The standard InChI is InChI=1S/C15H19N3O/c1-11-13(15(19)16-8-9-18(2)3)10-12-6-4-5-7-14(12)17-11/h4-7,10H,8-9H2,1-3H3,(H,16,19). The molecule has 2 aromatic rings. The van der Waals surface area contributed by atoms with Crippen molar-refractivity contribution in [3.63, 3.8) is 0 Å². The summed E-state index contributed by atoms with van der Waals surface area (Å²) in [7, 11) is 3.96. The fourth-order valence-corrected chi connectivity index (χ4v) is 1.93. The van der Waals surface area contributed by atoms with Gasteiger partial charge < -0.3 is 10.2 Å². The van der Waals surface area contributed by atoms with Crippen molar-refractivity contribution < 1.29 is 4.79 Å². The van der Waals surface area contributed by atoms with Gasteiger partial charge >= 0.3 is 0 Å². The number of para-hydroxylation sites is 1. The highest BCUT2D eigenvalue weighted by molar-refractivity contribution is 5.98. The van der Waals surface area contributed by atoms with Crippen LogP contribution < -0.4 is 5.32 Å². The zero-order valence-corrected chi connectivity index (χ0v) is 11.6. The molecule has 0 aliphatic rings. The molecule has 0 unspecified atom stereocenters. The average Bonchev–Trinajstić information content (AvgIpc) is 2.37. The SMILES string of the molecule is Cc1nc2ccccc2cc1C(=O)NCCN(C)C. The molecule has 1 amide bonds. The lowest BCUT2D eigenvalue weighted by molar-refractivity contribution is 0.0950. The second kappa shape index (κ2) is 5.80. The summed E-state index contributed by atoms with van der Waals surface area (Å²) in [6.45, 7) is 3.33. The Morgan fingerprint density at radius 2 is 2.05 bits per heavy atom. The van der Waals surface area contributed by atoms with Crippen molar-refractivity contribution in [2.75, 3.05) is 27.2 Å². The quantitative estimate of drug-likeness (QED) is 0.909.